The van der Waals surface area contributed by atoms with Crippen molar-refractivity contribution in [2.75, 3.05) is 31.1 Å². The van der Waals surface area contributed by atoms with Crippen molar-refractivity contribution in [1.82, 2.24) is 4.72 Å². The first-order valence-corrected chi connectivity index (χ1v) is 17.0. The van der Waals surface area contributed by atoms with E-state index in [4.69, 9.17) is 9.47 Å². The van der Waals surface area contributed by atoms with E-state index in [1.165, 1.54) is 19.1 Å². The maximum atomic E-state index is 13.1. The molecule has 0 aromatic heterocycles. The molecule has 0 aliphatic carbocycles. The highest BCUT2D eigenvalue weighted by Gasteiger charge is 2.28. The van der Waals surface area contributed by atoms with Crippen molar-refractivity contribution in [2.24, 2.45) is 0 Å². The summed E-state index contributed by atoms with van der Waals surface area (Å²) in [6.07, 6.45) is 0.766. The van der Waals surface area contributed by atoms with Crippen LogP contribution < -0.4 is 24.8 Å². The third kappa shape index (κ3) is 7.21. The molecule has 2 N–H and O–H groups in total. The summed E-state index contributed by atoms with van der Waals surface area (Å²) in [7, 11) is -9.04. The van der Waals surface area contributed by atoms with Crippen LogP contribution in [-0.4, -0.2) is 53.6 Å². The van der Waals surface area contributed by atoms with E-state index in [-0.39, 0.29) is 29.2 Å². The van der Waals surface area contributed by atoms with Crippen molar-refractivity contribution in [3.8, 4) is 11.5 Å². The topological polar surface area (TPSA) is 139 Å². The molecular weight excluding hydrogens is 604 g/mol. The minimum Gasteiger partial charge on any atom is -0.462 e. The Kier molecular flexibility index (Phi) is 9.99. The molecule has 0 saturated carbocycles. The summed E-state index contributed by atoms with van der Waals surface area (Å²) in [5, 5.41) is 1.24. The first kappa shape index (κ1) is 32.9. The van der Waals surface area contributed by atoms with Crippen LogP contribution in [0.1, 0.15) is 44.7 Å². The Labute approximate surface area is 258 Å². The normalized spacial score (nSPS) is 12.6. The minimum absolute atomic E-state index is 0.0215. The zero-order chi connectivity index (χ0) is 32.2. The third-order valence-electron chi connectivity index (χ3n) is 7.15. The summed E-state index contributed by atoms with van der Waals surface area (Å²) in [6, 6.07) is 14.5. The fourth-order valence-electron chi connectivity index (χ4n) is 4.89. The number of ether oxygens (including phenoxy) is 2. The van der Waals surface area contributed by atoms with Gasteiger partial charge in [0.2, 0.25) is 10.0 Å². The summed E-state index contributed by atoms with van der Waals surface area (Å²) in [6.45, 7) is 14.7. The molecular formula is C32H36N2O8S2. The molecule has 3 aromatic carbocycles. The molecule has 12 heteroatoms. The Morgan fingerprint density at radius 2 is 1.66 bits per heavy atom. The van der Waals surface area contributed by atoms with Crippen molar-refractivity contribution in [3.63, 3.8) is 0 Å². The second-order valence-corrected chi connectivity index (χ2v) is 13.5. The predicted molar refractivity (Wildman–Crippen MR) is 169 cm³/mol. The first-order chi connectivity index (χ1) is 20.8. The molecule has 0 atom stereocenters. The van der Waals surface area contributed by atoms with E-state index < -0.39 is 31.0 Å². The van der Waals surface area contributed by atoms with Gasteiger partial charge in [0.15, 0.2) is 0 Å². The average molecular weight is 641 g/mol. The number of benzene rings is 3. The van der Waals surface area contributed by atoms with Gasteiger partial charge in [0.25, 0.3) is 10.1 Å². The zero-order valence-electron chi connectivity index (χ0n) is 24.9. The second kappa shape index (κ2) is 13.3. The highest BCUT2D eigenvalue weighted by atomic mass is 32.2. The van der Waals surface area contributed by atoms with Crippen molar-refractivity contribution < 1.29 is 35.7 Å². The number of esters is 1. The second-order valence-electron chi connectivity index (χ2n) is 10.3. The molecule has 0 unspecified atom stereocenters. The monoisotopic (exact) mass is 640 g/mol. The number of hydrogen-bond acceptors (Lipinski definition) is 8. The molecule has 10 nitrogen and oxygen atoms in total. The van der Waals surface area contributed by atoms with Gasteiger partial charge in [-0.1, -0.05) is 31.4 Å². The van der Waals surface area contributed by atoms with E-state index in [1.807, 2.05) is 32.0 Å². The van der Waals surface area contributed by atoms with Gasteiger partial charge in [0, 0.05) is 58.9 Å². The van der Waals surface area contributed by atoms with Crippen LogP contribution in [0.3, 0.4) is 0 Å². The summed E-state index contributed by atoms with van der Waals surface area (Å²) in [5.41, 5.74) is 2.34. The molecule has 3 aromatic rings. The number of hydrogen-bond donors (Lipinski definition) is 2. The largest absolute Gasteiger partial charge is 0.462 e. The first-order valence-electron chi connectivity index (χ1n) is 14.1. The van der Waals surface area contributed by atoms with Crippen LogP contribution in [-0.2, 0) is 29.7 Å². The Balaban J connectivity index is 1.74. The van der Waals surface area contributed by atoms with Gasteiger partial charge >= 0.3 is 5.97 Å². The summed E-state index contributed by atoms with van der Waals surface area (Å²) in [5.74, 6) is 0.411. The van der Waals surface area contributed by atoms with Crippen LogP contribution in [0.5, 0.6) is 11.5 Å². The summed E-state index contributed by atoms with van der Waals surface area (Å²) in [4.78, 5) is 12.7. The smallest absolute Gasteiger partial charge is 0.333 e. The number of carbonyl (C=O) groups is 1. The van der Waals surface area contributed by atoms with Gasteiger partial charge in [-0.15, -0.1) is 0 Å². The van der Waals surface area contributed by atoms with Crippen LogP contribution in [0.25, 0.3) is 12.2 Å². The lowest BCUT2D eigenvalue weighted by Crippen LogP contribution is -2.26. The molecule has 0 spiro atoms. The third-order valence-corrected chi connectivity index (χ3v) is 9.51. The fraction of sp³-hybridized carbons (Fsp3) is 0.281. The van der Waals surface area contributed by atoms with Gasteiger partial charge in [0.1, 0.15) is 16.4 Å². The lowest BCUT2D eigenvalue weighted by Gasteiger charge is -2.26. The number of carbonyl (C=O) groups excluding carboxylic acids is 1. The summed E-state index contributed by atoms with van der Waals surface area (Å²) >= 11 is 0. The van der Waals surface area contributed by atoms with Crippen LogP contribution in [0.2, 0.25) is 0 Å². The van der Waals surface area contributed by atoms with Gasteiger partial charge < -0.3 is 14.4 Å². The Morgan fingerprint density at radius 1 is 0.955 bits per heavy atom. The Morgan fingerprint density at radius 3 is 2.32 bits per heavy atom. The van der Waals surface area contributed by atoms with Crippen LogP contribution in [0.4, 0.5) is 5.69 Å². The molecule has 0 bridgehead atoms. The highest BCUT2D eigenvalue weighted by molar-refractivity contribution is 7.89. The molecule has 0 saturated heterocycles. The number of anilines is 1. The number of nitrogens with zero attached hydrogens (tertiary/aromatic N) is 1. The zero-order valence-corrected chi connectivity index (χ0v) is 26.6. The quantitative estimate of drug-likeness (QED) is 0.0969. The maximum Gasteiger partial charge on any atom is 0.333 e. The van der Waals surface area contributed by atoms with Gasteiger partial charge in [-0.2, -0.15) is 8.42 Å². The van der Waals surface area contributed by atoms with Crippen molar-refractivity contribution in [1.29, 1.82) is 0 Å². The van der Waals surface area contributed by atoms with Crippen molar-refractivity contribution in [2.45, 2.75) is 43.4 Å². The van der Waals surface area contributed by atoms with Crippen LogP contribution >= 0.6 is 0 Å². The summed E-state index contributed by atoms with van der Waals surface area (Å²) < 4.78 is 75.7. The predicted octanol–water partition coefficient (Wildman–Crippen LogP) is 3.72. The number of sulfonamides is 1. The van der Waals surface area contributed by atoms with E-state index in [2.05, 4.69) is 22.8 Å². The lowest BCUT2D eigenvalue weighted by atomic mass is 9.92. The molecule has 0 radical (unpaired) electrons. The van der Waals surface area contributed by atoms with Crippen LogP contribution in [0, 0.1) is 0 Å². The number of fused-ring (bicyclic) bond motifs is 2. The van der Waals surface area contributed by atoms with Crippen molar-refractivity contribution in [3.05, 3.63) is 88.3 Å². The van der Waals surface area contributed by atoms with E-state index in [0.29, 0.717) is 45.9 Å². The number of rotatable bonds is 13. The Bertz CT molecular complexity index is 1930. The molecule has 1 heterocycles. The van der Waals surface area contributed by atoms with Crippen molar-refractivity contribution >= 4 is 44.0 Å². The SMILES string of the molecule is C=C(C)C(=O)OCCCCNS(=O)(=O)c1ccc(C2=c3ccc(=C)cc3Oc3cc(N(CC)CC)ccc32)c(S(=O)(=O)O)c1. The van der Waals surface area contributed by atoms with E-state index >= 15 is 0 Å². The number of unbranched alkanes of at least 4 members (excludes halogenated alkanes) is 1. The van der Waals surface area contributed by atoms with E-state index in [1.54, 1.807) is 18.2 Å². The standard InChI is InChI=1S/C32H36N2O8S2/c1-6-34(7-2)23-11-14-26-29(19-23)42-28-18-22(5)10-13-25(28)31(26)27-15-12-24(20-30(27)44(38,39)40)43(36,37)33-16-8-9-17-41-32(35)21(3)4/h10-15,18-20,33H,3,5-9,16-17H2,1-2,4H3,(H,38,39,40). The molecule has 4 rings (SSSR count). The fourth-order valence-corrected chi connectivity index (χ4v) is 6.79. The Hall–Kier alpha value is -3.97. The molecule has 44 heavy (non-hydrogen) atoms. The van der Waals surface area contributed by atoms with E-state index in [0.717, 1.165) is 24.8 Å². The van der Waals surface area contributed by atoms with E-state index in [9.17, 15) is 26.2 Å². The molecule has 1 aliphatic rings. The van der Waals surface area contributed by atoms with Gasteiger partial charge in [-0.25, -0.2) is 17.9 Å². The molecule has 0 amide bonds. The average Bonchev–Trinajstić information content (AvgIpc) is 2.97. The molecule has 234 valence electrons. The van der Waals surface area contributed by atoms with Crippen LogP contribution in [0.15, 0.2) is 76.5 Å². The molecule has 1 aliphatic heterocycles. The highest BCUT2D eigenvalue weighted by Crippen LogP contribution is 2.40. The number of nitrogens with one attached hydrogen (secondary N) is 1. The van der Waals surface area contributed by atoms with Gasteiger partial charge in [-0.05, 0) is 69.2 Å². The minimum atomic E-state index is -4.89. The maximum absolute atomic E-state index is 13.1. The lowest BCUT2D eigenvalue weighted by molar-refractivity contribution is -0.139. The van der Waals surface area contributed by atoms with Gasteiger partial charge in [-0.3, -0.25) is 4.55 Å². The van der Waals surface area contributed by atoms with Gasteiger partial charge in [0.05, 0.1) is 11.5 Å². The molecule has 0 fully saturated rings.